The lowest BCUT2D eigenvalue weighted by molar-refractivity contribution is 0.301. The van der Waals surface area contributed by atoms with Crippen molar-refractivity contribution >= 4 is 17.3 Å². The Labute approximate surface area is 63.9 Å². The van der Waals surface area contributed by atoms with Gasteiger partial charge in [0.05, 0.1) is 5.69 Å². The molecule has 0 aromatic carbocycles. The smallest absolute Gasteiger partial charge is 0.209 e. The Morgan fingerprint density at radius 1 is 1.64 bits per heavy atom. The fraction of sp³-hybridized carbons (Fsp3) is 0.125. The minimum atomic E-state index is 0.832. The summed E-state index contributed by atoms with van der Waals surface area (Å²) >= 11 is 0. The van der Waals surface area contributed by atoms with Crippen LogP contribution in [0.15, 0.2) is 23.2 Å². The molecule has 2 aromatic rings. The number of hydrogen-bond acceptors (Lipinski definition) is 2. The zero-order valence-electron chi connectivity index (χ0n) is 6.24. The fourth-order valence-electron chi connectivity index (χ4n) is 1.01. The van der Waals surface area contributed by atoms with Gasteiger partial charge in [0.25, 0.3) is 0 Å². The lowest BCUT2D eigenvalue weighted by atomic mass is 10.3. The van der Waals surface area contributed by atoms with E-state index >= 15 is 0 Å². The van der Waals surface area contributed by atoms with Crippen LogP contribution in [0.5, 0.6) is 0 Å². The van der Waals surface area contributed by atoms with Crippen LogP contribution in [0, 0.1) is 0 Å². The molecule has 2 aromatic heterocycles. The molecule has 3 heteroatoms. The van der Waals surface area contributed by atoms with Crippen molar-refractivity contribution in [2.45, 2.75) is 0 Å². The summed E-state index contributed by atoms with van der Waals surface area (Å²) in [5.74, 6) is 0. The topological polar surface area (TPSA) is 31.0 Å². The summed E-state index contributed by atoms with van der Waals surface area (Å²) < 4.78 is 6.75. The van der Waals surface area contributed by atoms with E-state index in [1.165, 1.54) is 0 Å². The Morgan fingerprint density at radius 2 is 2.45 bits per heavy atom. The van der Waals surface area contributed by atoms with Gasteiger partial charge in [0.2, 0.25) is 11.2 Å². The van der Waals surface area contributed by atoms with Crippen LogP contribution in [-0.4, -0.2) is 9.72 Å². The first-order chi connectivity index (χ1) is 5.31. The van der Waals surface area contributed by atoms with Crippen LogP contribution in [0.25, 0.3) is 17.3 Å². The van der Waals surface area contributed by atoms with E-state index in [0.29, 0.717) is 0 Å². The number of fused-ring (bicyclic) bond motifs is 1. The maximum Gasteiger partial charge on any atom is 0.209 e. The standard InChI is InChI=1S/C8H8N2O/c1-3-6-4-5-7-8(9-6)10(2)11-7/h3-5H,1H2,2H3. The van der Waals surface area contributed by atoms with Crippen molar-refractivity contribution < 1.29 is 4.52 Å². The monoisotopic (exact) mass is 148 g/mol. The van der Waals surface area contributed by atoms with Gasteiger partial charge in [-0.1, -0.05) is 6.58 Å². The molecule has 0 unspecified atom stereocenters. The maximum atomic E-state index is 5.12. The highest BCUT2D eigenvalue weighted by molar-refractivity contribution is 5.70. The summed E-state index contributed by atoms with van der Waals surface area (Å²) in [5, 5.41) is 0. The van der Waals surface area contributed by atoms with Crippen molar-refractivity contribution in [3.05, 3.63) is 24.4 Å². The van der Waals surface area contributed by atoms with Crippen LogP contribution in [-0.2, 0) is 7.05 Å². The van der Waals surface area contributed by atoms with Gasteiger partial charge in [0, 0.05) is 7.05 Å². The Balaban J connectivity index is 2.67. The number of rotatable bonds is 1. The van der Waals surface area contributed by atoms with Gasteiger partial charge >= 0.3 is 0 Å². The van der Waals surface area contributed by atoms with Crippen LogP contribution >= 0.6 is 0 Å². The van der Waals surface area contributed by atoms with E-state index in [-0.39, 0.29) is 0 Å². The van der Waals surface area contributed by atoms with Gasteiger partial charge in [0.1, 0.15) is 0 Å². The Hall–Kier alpha value is -1.51. The minimum absolute atomic E-state index is 0.832. The van der Waals surface area contributed by atoms with E-state index in [4.69, 9.17) is 4.52 Å². The summed E-state index contributed by atoms with van der Waals surface area (Å²) in [5.41, 5.74) is 2.58. The average Bonchev–Trinajstić information content (AvgIpc) is 2.03. The van der Waals surface area contributed by atoms with Crippen molar-refractivity contribution in [1.82, 2.24) is 9.72 Å². The van der Waals surface area contributed by atoms with Crippen molar-refractivity contribution in [2.24, 2.45) is 7.05 Å². The molecule has 0 aliphatic carbocycles. The number of aromatic nitrogens is 2. The first kappa shape index (κ1) is 6.22. The van der Waals surface area contributed by atoms with Gasteiger partial charge in [-0.15, -0.1) is 0 Å². The van der Waals surface area contributed by atoms with Crippen LogP contribution in [0.1, 0.15) is 5.69 Å². The van der Waals surface area contributed by atoms with Crippen molar-refractivity contribution in [3.8, 4) is 0 Å². The summed E-state index contributed by atoms with van der Waals surface area (Å²) in [6, 6.07) is 3.76. The van der Waals surface area contributed by atoms with E-state index < -0.39 is 0 Å². The van der Waals surface area contributed by atoms with E-state index in [2.05, 4.69) is 11.6 Å². The second-order valence-corrected chi connectivity index (χ2v) is 2.35. The Bertz CT molecular complexity index is 397. The number of nitrogens with zero attached hydrogens (tertiary/aromatic N) is 2. The predicted molar refractivity (Wildman–Crippen MR) is 43.1 cm³/mol. The van der Waals surface area contributed by atoms with Gasteiger partial charge in [-0.25, -0.2) is 4.98 Å². The fourth-order valence-corrected chi connectivity index (χ4v) is 1.01. The molecule has 3 nitrogen and oxygen atoms in total. The highest BCUT2D eigenvalue weighted by Gasteiger charge is 2.05. The minimum Gasteiger partial charge on any atom is -0.374 e. The molecule has 0 saturated heterocycles. The second kappa shape index (κ2) is 1.99. The first-order valence-corrected chi connectivity index (χ1v) is 3.36. The zero-order valence-corrected chi connectivity index (χ0v) is 6.24. The third-order valence-corrected chi connectivity index (χ3v) is 1.60. The van der Waals surface area contributed by atoms with E-state index in [0.717, 1.165) is 16.9 Å². The molecular formula is C8H8N2O. The predicted octanol–water partition coefficient (Wildman–Crippen LogP) is 1.81. The van der Waals surface area contributed by atoms with Gasteiger partial charge in [-0.3, -0.25) is 0 Å². The SMILES string of the molecule is C=Cc1ccc2on(C)c2n1. The summed E-state index contributed by atoms with van der Waals surface area (Å²) in [6.07, 6.45) is 1.71. The van der Waals surface area contributed by atoms with E-state index in [1.54, 1.807) is 10.8 Å². The number of pyridine rings is 1. The van der Waals surface area contributed by atoms with Crippen molar-refractivity contribution in [1.29, 1.82) is 0 Å². The van der Waals surface area contributed by atoms with Gasteiger partial charge in [-0.05, 0) is 18.2 Å². The van der Waals surface area contributed by atoms with Crippen LogP contribution < -0.4 is 0 Å². The average molecular weight is 148 g/mol. The van der Waals surface area contributed by atoms with Gasteiger partial charge < -0.3 is 4.52 Å². The summed E-state index contributed by atoms with van der Waals surface area (Å²) in [7, 11) is 1.82. The molecule has 0 aliphatic rings. The van der Waals surface area contributed by atoms with Crippen LogP contribution in [0.4, 0.5) is 0 Å². The Kier molecular flexibility index (Phi) is 1.12. The molecule has 2 heterocycles. The number of hydrogen-bond donors (Lipinski definition) is 0. The highest BCUT2D eigenvalue weighted by Crippen LogP contribution is 2.15. The van der Waals surface area contributed by atoms with Crippen LogP contribution in [0.3, 0.4) is 0 Å². The third-order valence-electron chi connectivity index (χ3n) is 1.60. The largest absolute Gasteiger partial charge is 0.374 e. The molecule has 0 atom stereocenters. The lowest BCUT2D eigenvalue weighted by Crippen LogP contribution is -2.00. The zero-order chi connectivity index (χ0) is 7.84. The van der Waals surface area contributed by atoms with Crippen molar-refractivity contribution in [3.63, 3.8) is 0 Å². The molecule has 0 saturated carbocycles. The van der Waals surface area contributed by atoms with Crippen molar-refractivity contribution in [2.75, 3.05) is 0 Å². The normalized spacial score (nSPS) is 10.6. The molecule has 0 spiro atoms. The molecule has 0 fully saturated rings. The second-order valence-electron chi connectivity index (χ2n) is 2.35. The molecule has 11 heavy (non-hydrogen) atoms. The highest BCUT2D eigenvalue weighted by atomic mass is 16.5. The Morgan fingerprint density at radius 3 is 3.09 bits per heavy atom. The summed E-state index contributed by atoms with van der Waals surface area (Å²) in [4.78, 5) is 4.24. The molecule has 0 radical (unpaired) electrons. The molecular weight excluding hydrogens is 140 g/mol. The van der Waals surface area contributed by atoms with Gasteiger partial charge in [-0.2, -0.15) is 4.74 Å². The summed E-state index contributed by atoms with van der Waals surface area (Å²) in [6.45, 7) is 3.63. The van der Waals surface area contributed by atoms with E-state index in [1.807, 2.05) is 19.2 Å². The molecule has 0 N–H and O–H groups in total. The molecule has 0 amide bonds. The quantitative estimate of drug-likeness (QED) is 0.617. The molecule has 56 valence electrons. The molecule has 0 bridgehead atoms. The van der Waals surface area contributed by atoms with E-state index in [9.17, 15) is 0 Å². The van der Waals surface area contributed by atoms with Gasteiger partial charge in [0.15, 0.2) is 0 Å². The maximum absolute atomic E-state index is 5.12. The molecule has 0 aliphatic heterocycles. The third kappa shape index (κ3) is 0.774. The molecule has 2 rings (SSSR count). The first-order valence-electron chi connectivity index (χ1n) is 3.36. The number of aryl methyl sites for hydroxylation is 1. The lowest BCUT2D eigenvalue weighted by Gasteiger charge is -2.07. The van der Waals surface area contributed by atoms with Crippen LogP contribution in [0.2, 0.25) is 0 Å².